The van der Waals surface area contributed by atoms with Gasteiger partial charge in [0.1, 0.15) is 6.04 Å². The summed E-state index contributed by atoms with van der Waals surface area (Å²) in [6.45, 7) is 3.46. The molecule has 0 spiro atoms. The van der Waals surface area contributed by atoms with Crippen LogP contribution in [0.5, 0.6) is 0 Å². The van der Waals surface area contributed by atoms with Gasteiger partial charge in [-0.3, -0.25) is 4.79 Å². The number of nitrogens with one attached hydrogen (secondary N) is 2. The minimum absolute atomic E-state index is 0.216. The van der Waals surface area contributed by atoms with Crippen molar-refractivity contribution < 1.29 is 14.7 Å². The molecule has 0 saturated heterocycles. The number of carbonyl (C=O) groups is 2. The Morgan fingerprint density at radius 2 is 2.10 bits per heavy atom. The molecule has 0 fully saturated rings. The fourth-order valence-corrected chi connectivity index (χ4v) is 1.82. The van der Waals surface area contributed by atoms with Gasteiger partial charge in [-0.25, -0.2) is 4.79 Å². The lowest BCUT2D eigenvalue weighted by Gasteiger charge is -2.17. The Kier molecular flexibility index (Phi) is 4.27. The van der Waals surface area contributed by atoms with E-state index in [1.807, 2.05) is 0 Å². The van der Waals surface area contributed by atoms with E-state index < -0.39 is 17.9 Å². The van der Waals surface area contributed by atoms with Gasteiger partial charge in [0.05, 0.1) is 0 Å². The molecule has 8 heteroatoms. The van der Waals surface area contributed by atoms with E-state index >= 15 is 0 Å². The van der Waals surface area contributed by atoms with Gasteiger partial charge in [-0.2, -0.15) is 5.21 Å². The summed E-state index contributed by atoms with van der Waals surface area (Å²) in [5.74, 6) is -1.37. The number of hydrogen-bond acceptors (Lipinski definition) is 5. The summed E-state index contributed by atoms with van der Waals surface area (Å²) in [4.78, 5) is 23.3. The highest BCUT2D eigenvalue weighted by molar-refractivity contribution is 5.97. The highest BCUT2D eigenvalue weighted by atomic mass is 16.4. The third-order valence-electron chi connectivity index (χ3n) is 2.95. The Hall–Kier alpha value is -2.77. The van der Waals surface area contributed by atoms with E-state index in [9.17, 15) is 9.59 Å². The van der Waals surface area contributed by atoms with Crippen LogP contribution in [-0.2, 0) is 4.79 Å². The van der Waals surface area contributed by atoms with E-state index in [0.29, 0.717) is 17.0 Å². The molecule has 2 rings (SSSR count). The lowest BCUT2D eigenvalue weighted by atomic mass is 10.0. The van der Waals surface area contributed by atoms with Crippen LogP contribution in [0.1, 0.15) is 24.2 Å². The first kappa shape index (κ1) is 14.6. The summed E-state index contributed by atoms with van der Waals surface area (Å²) < 4.78 is 0. The van der Waals surface area contributed by atoms with Crippen LogP contribution in [0.3, 0.4) is 0 Å². The molecule has 1 aromatic carbocycles. The highest BCUT2D eigenvalue weighted by Gasteiger charge is 2.24. The average molecular weight is 289 g/mol. The zero-order valence-corrected chi connectivity index (χ0v) is 11.6. The number of carboxylic acids is 1. The van der Waals surface area contributed by atoms with Crippen LogP contribution in [0.15, 0.2) is 24.3 Å². The summed E-state index contributed by atoms with van der Waals surface area (Å²) in [5, 5.41) is 25.0. The lowest BCUT2D eigenvalue weighted by Crippen LogP contribution is -2.44. The normalized spacial score (nSPS) is 12.1. The van der Waals surface area contributed by atoms with Gasteiger partial charge in [-0.15, -0.1) is 10.2 Å². The van der Waals surface area contributed by atoms with Gasteiger partial charge in [0.2, 0.25) is 5.82 Å². The molecule has 0 radical (unpaired) electrons. The molecule has 3 N–H and O–H groups in total. The van der Waals surface area contributed by atoms with Crippen molar-refractivity contribution in [1.29, 1.82) is 0 Å². The van der Waals surface area contributed by atoms with E-state index in [0.717, 1.165) is 0 Å². The van der Waals surface area contributed by atoms with Crippen molar-refractivity contribution in [1.82, 2.24) is 25.9 Å². The maximum Gasteiger partial charge on any atom is 0.326 e. The number of rotatable bonds is 5. The van der Waals surface area contributed by atoms with Gasteiger partial charge in [0.25, 0.3) is 5.91 Å². The minimum atomic E-state index is -1.06. The molecule has 0 aliphatic carbocycles. The monoisotopic (exact) mass is 289 g/mol. The zero-order chi connectivity index (χ0) is 15.4. The molecule has 0 unspecified atom stereocenters. The van der Waals surface area contributed by atoms with Gasteiger partial charge in [-0.1, -0.05) is 26.0 Å². The van der Waals surface area contributed by atoms with Crippen molar-refractivity contribution >= 4 is 11.9 Å². The second-order valence-corrected chi connectivity index (χ2v) is 4.85. The smallest absolute Gasteiger partial charge is 0.326 e. The number of carboxylic acid groups (broad SMARTS) is 1. The summed E-state index contributed by atoms with van der Waals surface area (Å²) in [5.41, 5.74) is 0.956. The fourth-order valence-electron chi connectivity index (χ4n) is 1.82. The second-order valence-electron chi connectivity index (χ2n) is 4.85. The van der Waals surface area contributed by atoms with E-state index in [4.69, 9.17) is 5.11 Å². The van der Waals surface area contributed by atoms with Gasteiger partial charge in [-0.05, 0) is 23.3 Å². The molecule has 1 aromatic heterocycles. The molecule has 0 aliphatic heterocycles. The molecule has 1 amide bonds. The van der Waals surface area contributed by atoms with E-state index in [1.165, 1.54) is 0 Å². The number of aromatic amines is 1. The predicted molar refractivity (Wildman–Crippen MR) is 73.3 cm³/mol. The average Bonchev–Trinajstić information content (AvgIpc) is 2.98. The number of nitrogens with zero attached hydrogens (tertiary/aromatic N) is 3. The van der Waals surface area contributed by atoms with Crippen molar-refractivity contribution in [2.24, 2.45) is 5.92 Å². The molecule has 21 heavy (non-hydrogen) atoms. The molecule has 0 aliphatic rings. The van der Waals surface area contributed by atoms with E-state index in [-0.39, 0.29) is 5.92 Å². The lowest BCUT2D eigenvalue weighted by molar-refractivity contribution is -0.140. The van der Waals surface area contributed by atoms with Crippen molar-refractivity contribution in [2.45, 2.75) is 19.9 Å². The SMILES string of the molecule is CC(C)[C@@H](NC(=O)c1cccc(-c2nn[nH]n2)c1)C(=O)O. The van der Waals surface area contributed by atoms with E-state index in [1.54, 1.807) is 38.1 Å². The maximum absolute atomic E-state index is 12.1. The third kappa shape index (κ3) is 3.41. The third-order valence-corrected chi connectivity index (χ3v) is 2.95. The van der Waals surface area contributed by atoms with Crippen molar-refractivity contribution in [2.75, 3.05) is 0 Å². The summed E-state index contributed by atoms with van der Waals surface area (Å²) >= 11 is 0. The molecule has 110 valence electrons. The molecule has 2 aromatic rings. The van der Waals surface area contributed by atoms with Crippen LogP contribution < -0.4 is 5.32 Å². The van der Waals surface area contributed by atoms with Crippen LogP contribution >= 0.6 is 0 Å². The number of aromatic nitrogens is 4. The number of hydrogen-bond donors (Lipinski definition) is 3. The Labute approximate surface area is 120 Å². The standard InChI is InChI=1S/C13H15N5O3/c1-7(2)10(13(20)21)14-12(19)9-5-3-4-8(6-9)11-15-17-18-16-11/h3-7,10H,1-2H3,(H,14,19)(H,20,21)(H,15,16,17,18)/t10-/m1/s1. The molecule has 8 nitrogen and oxygen atoms in total. The molecular weight excluding hydrogens is 274 g/mol. The van der Waals surface area contributed by atoms with Crippen LogP contribution in [-0.4, -0.2) is 43.6 Å². The zero-order valence-electron chi connectivity index (χ0n) is 11.6. The number of H-pyrrole nitrogens is 1. The van der Waals surface area contributed by atoms with Crippen LogP contribution in [0, 0.1) is 5.92 Å². The molecule has 0 saturated carbocycles. The minimum Gasteiger partial charge on any atom is -0.480 e. The van der Waals surface area contributed by atoms with Crippen molar-refractivity contribution in [3.05, 3.63) is 29.8 Å². The molecule has 1 atom stereocenters. The number of benzene rings is 1. The summed E-state index contributed by atoms with van der Waals surface area (Å²) in [6.07, 6.45) is 0. The van der Waals surface area contributed by atoms with Crippen molar-refractivity contribution in [3.8, 4) is 11.4 Å². The van der Waals surface area contributed by atoms with E-state index in [2.05, 4.69) is 25.9 Å². The molecule has 1 heterocycles. The number of amides is 1. The van der Waals surface area contributed by atoms with Crippen LogP contribution in [0.2, 0.25) is 0 Å². The highest BCUT2D eigenvalue weighted by Crippen LogP contribution is 2.15. The van der Waals surface area contributed by atoms with Crippen LogP contribution in [0.25, 0.3) is 11.4 Å². The number of tetrazole rings is 1. The summed E-state index contributed by atoms with van der Waals surface area (Å²) in [6, 6.07) is 5.65. The molecular formula is C13H15N5O3. The Morgan fingerprint density at radius 1 is 1.33 bits per heavy atom. The van der Waals surface area contributed by atoms with Crippen LogP contribution in [0.4, 0.5) is 0 Å². The predicted octanol–water partition coefficient (Wildman–Crippen LogP) is 0.706. The first-order chi connectivity index (χ1) is 9.99. The quantitative estimate of drug-likeness (QED) is 0.745. The molecule has 0 bridgehead atoms. The number of aliphatic carboxylic acids is 1. The van der Waals surface area contributed by atoms with Gasteiger partial charge in [0, 0.05) is 11.1 Å². The maximum atomic E-state index is 12.1. The first-order valence-corrected chi connectivity index (χ1v) is 6.36. The first-order valence-electron chi connectivity index (χ1n) is 6.36. The Morgan fingerprint density at radius 3 is 2.67 bits per heavy atom. The Bertz CT molecular complexity index is 639. The topological polar surface area (TPSA) is 121 Å². The van der Waals surface area contributed by atoms with Gasteiger partial charge in [0.15, 0.2) is 0 Å². The summed E-state index contributed by atoms with van der Waals surface area (Å²) in [7, 11) is 0. The second kappa shape index (κ2) is 6.12. The fraction of sp³-hybridized carbons (Fsp3) is 0.308. The van der Waals surface area contributed by atoms with Crippen molar-refractivity contribution in [3.63, 3.8) is 0 Å². The van der Waals surface area contributed by atoms with Gasteiger partial charge >= 0.3 is 5.97 Å². The largest absolute Gasteiger partial charge is 0.480 e. The van der Waals surface area contributed by atoms with Gasteiger partial charge < -0.3 is 10.4 Å². The number of carbonyl (C=O) groups excluding carboxylic acids is 1. The Balaban J connectivity index is 2.20.